The molecule has 0 aliphatic heterocycles. The van der Waals surface area contributed by atoms with Crippen LogP contribution in [0.15, 0.2) is 0 Å². The minimum atomic E-state index is -0.624. The van der Waals surface area contributed by atoms with Crippen LogP contribution in [0.5, 0.6) is 0 Å². The Morgan fingerprint density at radius 3 is 2.11 bits per heavy atom. The second kappa shape index (κ2) is 9.74. The molecule has 0 aliphatic carbocycles. The van der Waals surface area contributed by atoms with Gasteiger partial charge in [0, 0.05) is 0 Å². The van der Waals surface area contributed by atoms with Crippen LogP contribution in [0, 0.1) is 5.92 Å². The first-order valence-electron chi connectivity index (χ1n) is 6.61. The van der Waals surface area contributed by atoms with Crippen LogP contribution in [0.1, 0.15) is 47.0 Å². The molecule has 0 aromatic carbocycles. The van der Waals surface area contributed by atoms with Gasteiger partial charge in [-0.05, 0) is 25.2 Å². The molecule has 0 spiro atoms. The fourth-order valence-electron chi connectivity index (χ4n) is 1.37. The number of hydrogen-bond acceptors (Lipinski definition) is 4. The second-order valence-corrected chi connectivity index (χ2v) is 4.63. The van der Waals surface area contributed by atoms with Gasteiger partial charge in [0.2, 0.25) is 0 Å². The van der Waals surface area contributed by atoms with Crippen molar-refractivity contribution < 1.29 is 19.1 Å². The molecule has 0 unspecified atom stereocenters. The van der Waals surface area contributed by atoms with E-state index >= 15 is 0 Å². The van der Waals surface area contributed by atoms with E-state index in [1.54, 1.807) is 0 Å². The van der Waals surface area contributed by atoms with E-state index in [0.29, 0.717) is 19.6 Å². The van der Waals surface area contributed by atoms with Gasteiger partial charge in [-0.15, -0.1) is 0 Å². The average Bonchev–Trinajstić information content (AvgIpc) is 2.32. The molecule has 5 nitrogen and oxygen atoms in total. The molecular weight excluding hydrogens is 234 g/mol. The largest absolute Gasteiger partial charge is 0.464 e. The van der Waals surface area contributed by atoms with Gasteiger partial charge in [-0.2, -0.15) is 0 Å². The second-order valence-electron chi connectivity index (χ2n) is 4.63. The lowest BCUT2D eigenvalue weighted by molar-refractivity contribution is -0.146. The van der Waals surface area contributed by atoms with E-state index in [0.717, 1.165) is 12.8 Å². The van der Waals surface area contributed by atoms with Gasteiger partial charge in [0.15, 0.2) is 0 Å². The zero-order chi connectivity index (χ0) is 14.0. The molecule has 106 valence electrons. The molecule has 0 aromatic heterocycles. The Balaban J connectivity index is 4.29. The fourth-order valence-corrected chi connectivity index (χ4v) is 1.37. The smallest absolute Gasteiger partial charge is 0.407 e. The highest BCUT2D eigenvalue weighted by molar-refractivity contribution is 5.81. The Morgan fingerprint density at radius 1 is 1.06 bits per heavy atom. The molecular formula is C13H25NO4. The summed E-state index contributed by atoms with van der Waals surface area (Å²) in [6.07, 6.45) is 1.50. The minimum absolute atomic E-state index is 0.288. The maximum Gasteiger partial charge on any atom is 0.407 e. The van der Waals surface area contributed by atoms with Gasteiger partial charge in [-0.3, -0.25) is 0 Å². The quantitative estimate of drug-likeness (QED) is 0.680. The van der Waals surface area contributed by atoms with Crippen molar-refractivity contribution in [3.63, 3.8) is 0 Å². The van der Waals surface area contributed by atoms with Crippen molar-refractivity contribution in [2.75, 3.05) is 13.2 Å². The monoisotopic (exact) mass is 259 g/mol. The molecule has 0 bridgehead atoms. The van der Waals surface area contributed by atoms with Gasteiger partial charge in [0.25, 0.3) is 0 Å². The molecule has 5 heteroatoms. The van der Waals surface area contributed by atoms with Crippen LogP contribution in [-0.4, -0.2) is 31.3 Å². The Hall–Kier alpha value is -1.26. The topological polar surface area (TPSA) is 64.6 Å². The molecule has 0 saturated carbocycles. The van der Waals surface area contributed by atoms with E-state index < -0.39 is 12.1 Å². The summed E-state index contributed by atoms with van der Waals surface area (Å²) in [5.41, 5.74) is 0. The van der Waals surface area contributed by atoms with Crippen LogP contribution in [0.25, 0.3) is 0 Å². The number of esters is 1. The van der Waals surface area contributed by atoms with Crippen LogP contribution in [0.3, 0.4) is 0 Å². The number of ether oxygens (including phenoxy) is 2. The van der Waals surface area contributed by atoms with Crippen molar-refractivity contribution >= 4 is 12.1 Å². The highest BCUT2D eigenvalue weighted by Gasteiger charge is 2.23. The molecule has 1 N–H and O–H groups in total. The number of carbonyl (C=O) groups is 2. The lowest BCUT2D eigenvalue weighted by Gasteiger charge is -2.18. The molecule has 0 aromatic rings. The fraction of sp³-hybridized carbons (Fsp3) is 0.846. The molecule has 0 fully saturated rings. The van der Waals surface area contributed by atoms with Crippen LogP contribution >= 0.6 is 0 Å². The lowest BCUT2D eigenvalue weighted by Crippen LogP contribution is -2.43. The molecule has 1 atom stereocenters. The van der Waals surface area contributed by atoms with E-state index in [4.69, 9.17) is 9.47 Å². The van der Waals surface area contributed by atoms with Gasteiger partial charge in [0.1, 0.15) is 6.04 Å². The van der Waals surface area contributed by atoms with Crippen LogP contribution < -0.4 is 5.32 Å². The van der Waals surface area contributed by atoms with Crippen molar-refractivity contribution in [1.82, 2.24) is 5.32 Å². The van der Waals surface area contributed by atoms with E-state index in [-0.39, 0.29) is 11.9 Å². The zero-order valence-electron chi connectivity index (χ0n) is 11.8. The van der Waals surface area contributed by atoms with Crippen LogP contribution in [0.2, 0.25) is 0 Å². The number of rotatable bonds is 8. The number of carbonyl (C=O) groups excluding carboxylic acids is 2. The van der Waals surface area contributed by atoms with Crippen molar-refractivity contribution in [1.29, 1.82) is 0 Å². The van der Waals surface area contributed by atoms with Crippen LogP contribution in [0.4, 0.5) is 4.79 Å². The molecule has 18 heavy (non-hydrogen) atoms. The zero-order valence-corrected chi connectivity index (χ0v) is 11.8. The third-order valence-corrected chi connectivity index (χ3v) is 2.17. The van der Waals surface area contributed by atoms with Crippen LogP contribution in [-0.2, 0) is 14.3 Å². The summed E-state index contributed by atoms with van der Waals surface area (Å²) in [6.45, 7) is 8.53. The first kappa shape index (κ1) is 16.7. The predicted octanol–water partition coefficient (Wildman–Crippen LogP) is 2.49. The van der Waals surface area contributed by atoms with Gasteiger partial charge in [0.05, 0.1) is 13.2 Å². The van der Waals surface area contributed by atoms with E-state index in [1.165, 1.54) is 0 Å². The van der Waals surface area contributed by atoms with E-state index in [2.05, 4.69) is 5.32 Å². The lowest BCUT2D eigenvalue weighted by atomic mass is 10.0. The predicted molar refractivity (Wildman–Crippen MR) is 69.3 cm³/mol. The molecule has 0 heterocycles. The van der Waals surface area contributed by atoms with Gasteiger partial charge < -0.3 is 14.8 Å². The van der Waals surface area contributed by atoms with E-state index in [9.17, 15) is 9.59 Å². The maximum absolute atomic E-state index is 11.8. The van der Waals surface area contributed by atoms with Crippen molar-refractivity contribution in [2.45, 2.75) is 53.0 Å². The summed E-state index contributed by atoms with van der Waals surface area (Å²) in [4.78, 5) is 23.2. The average molecular weight is 259 g/mol. The third kappa shape index (κ3) is 7.92. The first-order chi connectivity index (χ1) is 8.51. The maximum atomic E-state index is 11.8. The minimum Gasteiger partial charge on any atom is -0.464 e. The summed E-state index contributed by atoms with van der Waals surface area (Å²) < 4.78 is 9.95. The number of amides is 1. The standard InChI is InChI=1S/C13H25NO4/c1-5-7-17-12(15)11(9-10(3)4)14-13(16)18-8-6-2/h10-11H,5-9H2,1-4H3,(H,14,16)/t11-/m0/s1. The van der Waals surface area contributed by atoms with Gasteiger partial charge >= 0.3 is 12.1 Å². The molecule has 0 aliphatic rings. The normalized spacial score (nSPS) is 12.1. The van der Waals surface area contributed by atoms with Gasteiger partial charge in [-0.25, -0.2) is 9.59 Å². The highest BCUT2D eigenvalue weighted by Crippen LogP contribution is 2.07. The Morgan fingerprint density at radius 2 is 1.61 bits per heavy atom. The summed E-state index contributed by atoms with van der Waals surface area (Å²) in [5, 5.41) is 2.56. The van der Waals surface area contributed by atoms with Gasteiger partial charge in [-0.1, -0.05) is 27.7 Å². The number of nitrogens with one attached hydrogen (secondary N) is 1. The summed E-state index contributed by atoms with van der Waals surface area (Å²) >= 11 is 0. The van der Waals surface area contributed by atoms with E-state index in [1.807, 2.05) is 27.7 Å². The van der Waals surface area contributed by atoms with Crippen molar-refractivity contribution in [3.05, 3.63) is 0 Å². The van der Waals surface area contributed by atoms with Crippen molar-refractivity contribution in [2.24, 2.45) is 5.92 Å². The molecule has 0 radical (unpaired) electrons. The summed E-state index contributed by atoms with van der Waals surface area (Å²) in [5.74, 6) is -0.102. The molecule has 1 amide bonds. The summed E-state index contributed by atoms with van der Waals surface area (Å²) in [7, 11) is 0. The SMILES string of the molecule is CCCOC(=O)N[C@@H](CC(C)C)C(=O)OCCC. The summed E-state index contributed by atoms with van der Waals surface area (Å²) in [6, 6.07) is -0.624. The number of hydrogen-bond donors (Lipinski definition) is 1. The molecule has 0 saturated heterocycles. The first-order valence-corrected chi connectivity index (χ1v) is 6.61. The Kier molecular flexibility index (Phi) is 9.06. The Labute approximate surface area is 109 Å². The Bertz CT molecular complexity index is 253. The molecule has 0 rings (SSSR count). The number of alkyl carbamates (subject to hydrolysis) is 1. The highest BCUT2D eigenvalue weighted by atomic mass is 16.6. The van der Waals surface area contributed by atoms with Crippen molar-refractivity contribution in [3.8, 4) is 0 Å². The third-order valence-electron chi connectivity index (χ3n) is 2.17.